The average molecular weight is 505 g/mol. The number of aliphatic hydroxyl groups is 2. The maximum Gasteiger partial charge on any atom is 0.258 e. The Bertz CT molecular complexity index is 1360. The fraction of sp³-hybridized carbons (Fsp3) is 0.308. The molecule has 3 heterocycles. The Labute approximate surface area is 213 Å². The van der Waals surface area contributed by atoms with Gasteiger partial charge < -0.3 is 30.3 Å². The van der Waals surface area contributed by atoms with Crippen molar-refractivity contribution in [2.45, 2.75) is 37.9 Å². The van der Waals surface area contributed by atoms with E-state index in [1.165, 1.54) is 12.7 Å². The summed E-state index contributed by atoms with van der Waals surface area (Å²) in [6.07, 6.45) is 0.0141. The predicted molar refractivity (Wildman–Crippen MR) is 135 cm³/mol. The average Bonchev–Trinajstić information content (AvgIpc) is 3.48. The first kappa shape index (κ1) is 24.6. The first-order valence-electron chi connectivity index (χ1n) is 11.9. The summed E-state index contributed by atoms with van der Waals surface area (Å²) in [6, 6.07) is 16.1. The van der Waals surface area contributed by atoms with Crippen LogP contribution in [-0.4, -0.2) is 67.1 Å². The van der Waals surface area contributed by atoms with Crippen LogP contribution in [0.3, 0.4) is 0 Å². The van der Waals surface area contributed by atoms with Gasteiger partial charge in [0.2, 0.25) is 0 Å². The number of aryl methyl sites for hydroxylation is 1. The van der Waals surface area contributed by atoms with Gasteiger partial charge in [-0.05, 0) is 30.2 Å². The van der Waals surface area contributed by atoms with Crippen molar-refractivity contribution < 1.29 is 24.5 Å². The van der Waals surface area contributed by atoms with Crippen molar-refractivity contribution >= 4 is 22.9 Å². The fourth-order valence-electron chi connectivity index (χ4n) is 4.34. The zero-order valence-corrected chi connectivity index (χ0v) is 20.2. The second kappa shape index (κ2) is 10.9. The van der Waals surface area contributed by atoms with Crippen molar-refractivity contribution in [3.63, 3.8) is 0 Å². The van der Waals surface area contributed by atoms with E-state index < -0.39 is 37.0 Å². The molecule has 0 unspecified atom stereocenters. The third-order valence-electron chi connectivity index (χ3n) is 6.33. The van der Waals surface area contributed by atoms with Crippen LogP contribution >= 0.6 is 0 Å². The van der Waals surface area contributed by atoms with Crippen molar-refractivity contribution in [3.05, 3.63) is 78.4 Å². The number of imidazole rings is 1. The van der Waals surface area contributed by atoms with Crippen molar-refractivity contribution in [2.75, 3.05) is 18.5 Å². The Morgan fingerprint density at radius 1 is 1.11 bits per heavy atom. The van der Waals surface area contributed by atoms with Gasteiger partial charge >= 0.3 is 0 Å². The van der Waals surface area contributed by atoms with Crippen LogP contribution in [0.15, 0.2) is 67.3 Å². The van der Waals surface area contributed by atoms with E-state index in [1.54, 1.807) is 28.8 Å². The fourth-order valence-corrected chi connectivity index (χ4v) is 4.34. The number of rotatable bonds is 9. The summed E-state index contributed by atoms with van der Waals surface area (Å²) in [7, 11) is 0. The molecule has 2 aromatic heterocycles. The molecule has 1 amide bonds. The maximum atomic E-state index is 12.7. The lowest BCUT2D eigenvalue weighted by Gasteiger charge is -2.23. The molecular formula is C26H28N6O5. The lowest BCUT2D eigenvalue weighted by Crippen LogP contribution is -2.48. The van der Waals surface area contributed by atoms with Crippen LogP contribution in [-0.2, 0) is 16.1 Å². The third-order valence-corrected chi connectivity index (χ3v) is 6.33. The second-order valence-corrected chi connectivity index (χ2v) is 8.76. The quantitative estimate of drug-likeness (QED) is 0.267. The van der Waals surface area contributed by atoms with E-state index >= 15 is 0 Å². The topological polar surface area (TPSA) is 144 Å². The number of amides is 1. The standard InChI is InChI=1S/C26H28N6O5/c1-16-7-5-6-8-17(16)11-27-24-22-25(29-14-28-24)32(15-30-22)26-21(23(35)19(12-33)37-26)31-20(34)13-36-18-9-3-2-4-10-18/h2-10,14-15,19,21,23,26,33,35H,11-13H2,1H3,(H,31,34)(H,27,28,29)/t19-,21-,23-,26-/m1/s1. The molecule has 11 heteroatoms. The highest BCUT2D eigenvalue weighted by atomic mass is 16.5. The number of benzene rings is 2. The lowest BCUT2D eigenvalue weighted by molar-refractivity contribution is -0.125. The maximum absolute atomic E-state index is 12.7. The molecule has 1 saturated heterocycles. The number of hydrogen-bond acceptors (Lipinski definition) is 9. The first-order chi connectivity index (χ1) is 18.0. The van der Waals surface area contributed by atoms with Gasteiger partial charge in [-0.25, -0.2) is 15.0 Å². The van der Waals surface area contributed by atoms with Gasteiger partial charge in [0.05, 0.1) is 12.9 Å². The molecule has 4 atom stereocenters. The summed E-state index contributed by atoms with van der Waals surface area (Å²) in [6.45, 7) is 1.93. The van der Waals surface area contributed by atoms with Gasteiger partial charge in [0.15, 0.2) is 29.8 Å². The number of carbonyl (C=O) groups is 1. The number of fused-ring (bicyclic) bond motifs is 1. The van der Waals surface area contributed by atoms with Gasteiger partial charge in [-0.15, -0.1) is 0 Å². The van der Waals surface area contributed by atoms with E-state index in [0.717, 1.165) is 11.1 Å². The zero-order valence-electron chi connectivity index (χ0n) is 20.2. The molecule has 1 aliphatic heterocycles. The number of nitrogens with one attached hydrogen (secondary N) is 2. The number of nitrogens with zero attached hydrogens (tertiary/aromatic N) is 4. The third kappa shape index (κ3) is 5.24. The second-order valence-electron chi connectivity index (χ2n) is 8.76. The molecule has 37 heavy (non-hydrogen) atoms. The first-order valence-corrected chi connectivity index (χ1v) is 11.9. The predicted octanol–water partition coefficient (Wildman–Crippen LogP) is 1.56. The van der Waals surface area contributed by atoms with Gasteiger partial charge in [-0.1, -0.05) is 42.5 Å². The van der Waals surface area contributed by atoms with E-state index in [-0.39, 0.29) is 6.61 Å². The Morgan fingerprint density at radius 3 is 2.68 bits per heavy atom. The number of para-hydroxylation sites is 1. The highest BCUT2D eigenvalue weighted by molar-refractivity contribution is 5.83. The molecule has 0 radical (unpaired) electrons. The van der Waals surface area contributed by atoms with E-state index in [1.807, 2.05) is 37.3 Å². The molecule has 0 saturated carbocycles. The van der Waals surface area contributed by atoms with Crippen LogP contribution in [0.4, 0.5) is 5.82 Å². The number of carbonyl (C=O) groups excluding carboxylic acids is 1. The minimum Gasteiger partial charge on any atom is -0.484 e. The Hall–Kier alpha value is -4.06. The summed E-state index contributed by atoms with van der Waals surface area (Å²) < 4.78 is 13.1. The van der Waals surface area contributed by atoms with Gasteiger partial charge in [-0.2, -0.15) is 0 Å². The van der Waals surface area contributed by atoms with Crippen molar-refractivity contribution in [1.29, 1.82) is 0 Å². The van der Waals surface area contributed by atoms with Gasteiger partial charge in [0.25, 0.3) is 5.91 Å². The van der Waals surface area contributed by atoms with Crippen LogP contribution in [0, 0.1) is 6.92 Å². The molecule has 0 spiro atoms. The number of hydrogen-bond donors (Lipinski definition) is 4. The monoisotopic (exact) mass is 504 g/mol. The minimum absolute atomic E-state index is 0.246. The van der Waals surface area contributed by atoms with Crippen molar-refractivity contribution in [1.82, 2.24) is 24.8 Å². The molecule has 4 aromatic rings. The summed E-state index contributed by atoms with van der Waals surface area (Å²) in [5, 5.41) is 26.6. The molecule has 192 valence electrons. The minimum atomic E-state index is -1.16. The Morgan fingerprint density at radius 2 is 1.89 bits per heavy atom. The normalized spacial score (nSPS) is 21.2. The highest BCUT2D eigenvalue weighted by Crippen LogP contribution is 2.32. The van der Waals surface area contributed by atoms with E-state index in [0.29, 0.717) is 29.3 Å². The Kier molecular flexibility index (Phi) is 7.26. The summed E-state index contributed by atoms with van der Waals surface area (Å²) in [4.78, 5) is 25.9. The molecule has 1 fully saturated rings. The van der Waals surface area contributed by atoms with Crippen LogP contribution in [0.2, 0.25) is 0 Å². The molecule has 2 aromatic carbocycles. The lowest BCUT2D eigenvalue weighted by atomic mass is 10.1. The summed E-state index contributed by atoms with van der Waals surface area (Å²) >= 11 is 0. The van der Waals surface area contributed by atoms with Crippen molar-refractivity contribution in [2.24, 2.45) is 0 Å². The Balaban J connectivity index is 1.35. The summed E-state index contributed by atoms with van der Waals surface area (Å²) in [5.74, 6) is 0.648. The van der Waals surface area contributed by atoms with Crippen LogP contribution in [0.5, 0.6) is 5.75 Å². The summed E-state index contributed by atoms with van der Waals surface area (Å²) in [5.41, 5.74) is 3.25. The SMILES string of the molecule is Cc1ccccc1CNc1ncnc2c1ncn2[C@@H]1O[C@H](CO)[C@@H](O)[C@H]1NC(=O)COc1ccccc1. The number of aromatic nitrogens is 4. The molecular weight excluding hydrogens is 476 g/mol. The van der Waals surface area contributed by atoms with Crippen LogP contribution < -0.4 is 15.4 Å². The van der Waals surface area contributed by atoms with Crippen molar-refractivity contribution in [3.8, 4) is 5.75 Å². The molecule has 0 bridgehead atoms. The molecule has 1 aliphatic rings. The number of ether oxygens (including phenoxy) is 2. The zero-order chi connectivity index (χ0) is 25.8. The van der Waals surface area contributed by atoms with E-state index in [2.05, 4.69) is 25.6 Å². The van der Waals surface area contributed by atoms with Crippen LogP contribution in [0.1, 0.15) is 17.4 Å². The molecule has 4 N–H and O–H groups in total. The van der Waals surface area contributed by atoms with E-state index in [4.69, 9.17) is 9.47 Å². The van der Waals surface area contributed by atoms with Gasteiger partial charge in [0.1, 0.15) is 30.3 Å². The van der Waals surface area contributed by atoms with Crippen LogP contribution in [0.25, 0.3) is 11.2 Å². The van der Waals surface area contributed by atoms with Gasteiger partial charge in [-0.3, -0.25) is 9.36 Å². The number of anilines is 1. The van der Waals surface area contributed by atoms with Gasteiger partial charge in [0, 0.05) is 6.54 Å². The largest absolute Gasteiger partial charge is 0.484 e. The molecule has 5 rings (SSSR count). The highest BCUT2D eigenvalue weighted by Gasteiger charge is 2.45. The smallest absolute Gasteiger partial charge is 0.258 e. The number of aliphatic hydroxyl groups excluding tert-OH is 2. The molecule has 0 aliphatic carbocycles. The van der Waals surface area contributed by atoms with E-state index in [9.17, 15) is 15.0 Å². The molecule has 11 nitrogen and oxygen atoms in total.